The zero-order chi connectivity index (χ0) is 52.8. The number of hydrogen-bond acceptors (Lipinski definition) is 16. The fourth-order valence-electron chi connectivity index (χ4n) is 6.60. The van der Waals surface area contributed by atoms with Crippen LogP contribution in [-0.4, -0.2) is 82.3 Å². The Morgan fingerprint density at radius 2 is 1.22 bits per heavy atom. The number of pyridine rings is 3. The number of carbonyl (C=O) groups excluding carboxylic acids is 1. The van der Waals surface area contributed by atoms with Gasteiger partial charge in [0.15, 0.2) is 0 Å². The van der Waals surface area contributed by atoms with E-state index in [-0.39, 0.29) is 29.5 Å². The van der Waals surface area contributed by atoms with Gasteiger partial charge in [-0.25, -0.2) is 24.1 Å². The molecule has 0 spiro atoms. The van der Waals surface area contributed by atoms with Crippen molar-refractivity contribution < 1.29 is 50.4 Å². The molecule has 0 atom stereocenters. The Bertz CT molecular complexity index is 3190. The number of nitrogens with two attached hydrogens (primary N) is 1. The number of aromatic nitrogens is 7. The lowest BCUT2D eigenvalue weighted by Gasteiger charge is -2.14. The summed E-state index contributed by atoms with van der Waals surface area (Å²) in [7, 11) is -4.93. The molecule has 388 valence electrons. The van der Waals surface area contributed by atoms with Gasteiger partial charge < -0.3 is 34.8 Å². The summed E-state index contributed by atoms with van der Waals surface area (Å²) in [6.45, 7) is 17.7. The van der Waals surface area contributed by atoms with Crippen LogP contribution >= 0.6 is 12.4 Å². The van der Waals surface area contributed by atoms with Crippen LogP contribution in [0.5, 0.6) is 0 Å². The topological polar surface area (TPSA) is 306 Å². The Morgan fingerprint density at radius 3 is 1.67 bits per heavy atom. The van der Waals surface area contributed by atoms with Gasteiger partial charge in [0.2, 0.25) is 5.09 Å². The number of urea groups is 1. The lowest BCUT2D eigenvalue weighted by Crippen LogP contribution is -2.50. The quantitative estimate of drug-likeness (QED) is 0.0569. The molecule has 7 heterocycles. The third-order valence-electron chi connectivity index (χ3n) is 10.4. The van der Waals surface area contributed by atoms with Crippen molar-refractivity contribution in [3.63, 3.8) is 0 Å². The second-order valence-electron chi connectivity index (χ2n) is 17.9. The Balaban J connectivity index is 0.000000244. The summed E-state index contributed by atoms with van der Waals surface area (Å²) in [5.41, 5.74) is 8.22. The molecular formula is C47H61ClN12O10S2. The molecule has 0 unspecified atom stereocenters. The van der Waals surface area contributed by atoms with Crippen LogP contribution in [0, 0.1) is 13.8 Å². The molecule has 7 rings (SSSR count). The van der Waals surface area contributed by atoms with Gasteiger partial charge in [-0.2, -0.15) is 16.8 Å². The van der Waals surface area contributed by atoms with Crippen LogP contribution in [0.1, 0.15) is 101 Å². The average molecular weight is 1050 g/mol. The maximum absolute atomic E-state index is 12.6. The minimum atomic E-state index is -4.31. The third-order valence-corrected chi connectivity index (χ3v) is 12.7. The van der Waals surface area contributed by atoms with Gasteiger partial charge in [-0.15, -0.1) is 12.4 Å². The minimum Gasteiger partial charge on any atom is -0.806 e. The van der Waals surface area contributed by atoms with Crippen molar-refractivity contribution in [1.29, 1.82) is 0 Å². The molecule has 0 saturated heterocycles. The monoisotopic (exact) mass is 1050 g/mol. The van der Waals surface area contributed by atoms with Crippen LogP contribution in [0.15, 0.2) is 122 Å². The van der Waals surface area contributed by atoms with Crippen molar-refractivity contribution in [1.82, 2.24) is 33.8 Å². The summed E-state index contributed by atoms with van der Waals surface area (Å²) in [6, 6.07) is 11.0. The highest BCUT2D eigenvalue weighted by molar-refractivity contribution is 7.90. The molecule has 7 aromatic rings. The van der Waals surface area contributed by atoms with Crippen molar-refractivity contribution in [2.75, 3.05) is 30.0 Å². The number of aliphatic hydroxyl groups is 2. The highest BCUT2D eigenvalue weighted by Crippen LogP contribution is 2.30. The number of sulfonamides is 2. The van der Waals surface area contributed by atoms with Gasteiger partial charge in [0.1, 0.15) is 23.3 Å². The lowest BCUT2D eigenvalue weighted by atomic mass is 10.0. The van der Waals surface area contributed by atoms with Gasteiger partial charge >= 0.3 is 16.1 Å². The summed E-state index contributed by atoms with van der Waals surface area (Å²) >= 11 is 0. The average Bonchev–Trinajstić information content (AvgIpc) is 4.11. The number of halogens is 1. The van der Waals surface area contributed by atoms with Crippen molar-refractivity contribution >= 4 is 61.8 Å². The number of nitrogens with one attached hydrogen (secondary N) is 2. The van der Waals surface area contributed by atoms with E-state index < -0.39 is 53.5 Å². The number of amides is 2. The molecule has 0 fully saturated rings. The van der Waals surface area contributed by atoms with E-state index in [9.17, 15) is 36.9 Å². The zero-order valence-electron chi connectivity index (χ0n) is 41.9. The smallest absolute Gasteiger partial charge is 0.402 e. The van der Waals surface area contributed by atoms with Crippen LogP contribution in [0.3, 0.4) is 0 Å². The Hall–Kier alpha value is -7.12. The second-order valence-corrected chi connectivity index (χ2v) is 21.1. The van der Waals surface area contributed by atoms with E-state index in [1.54, 1.807) is 60.5 Å². The van der Waals surface area contributed by atoms with Gasteiger partial charge in [-0.3, -0.25) is 24.4 Å². The first-order valence-corrected chi connectivity index (χ1v) is 24.9. The van der Waals surface area contributed by atoms with Gasteiger partial charge in [0, 0.05) is 84.4 Å². The lowest BCUT2D eigenvalue weighted by molar-refractivity contribution is -0.613. The summed E-state index contributed by atoms with van der Waals surface area (Å²) < 4.78 is 69.3. The number of rotatable bonds is 12. The van der Waals surface area contributed by atoms with E-state index in [0.717, 1.165) is 51.9 Å². The number of nitrogen functional groups attached to an aromatic ring is 1. The highest BCUT2D eigenvalue weighted by atomic mass is 35.5. The van der Waals surface area contributed by atoms with Crippen LogP contribution < -0.4 is 30.3 Å². The molecule has 0 aliphatic heterocycles. The van der Waals surface area contributed by atoms with E-state index in [0.29, 0.717) is 28.9 Å². The largest absolute Gasteiger partial charge is 0.806 e. The summed E-state index contributed by atoms with van der Waals surface area (Å²) in [6.07, 6.45) is 11.8. The highest BCUT2D eigenvalue weighted by Gasteiger charge is 2.30. The van der Waals surface area contributed by atoms with Crippen LogP contribution in [0.4, 0.5) is 22.1 Å². The number of aryl methyl sites for hydroxylation is 2. The van der Waals surface area contributed by atoms with Crippen LogP contribution in [-0.2, 0) is 31.2 Å². The minimum absolute atomic E-state index is 0. The van der Waals surface area contributed by atoms with Crippen LogP contribution in [0.25, 0.3) is 11.4 Å². The summed E-state index contributed by atoms with van der Waals surface area (Å²) in [5, 5.41) is 33.5. The molecule has 22 nitrogen and oxygen atoms in total. The predicted octanol–water partition coefficient (Wildman–Crippen LogP) is 5.55. The summed E-state index contributed by atoms with van der Waals surface area (Å²) in [4.78, 5) is 31.5. The van der Waals surface area contributed by atoms with E-state index in [1.165, 1.54) is 46.2 Å². The zero-order valence-corrected chi connectivity index (χ0v) is 44.3. The van der Waals surface area contributed by atoms with Crippen molar-refractivity contribution in [2.45, 2.75) is 102 Å². The van der Waals surface area contributed by atoms with Crippen molar-refractivity contribution in [3.8, 4) is 11.4 Å². The van der Waals surface area contributed by atoms with Gasteiger partial charge in [0.05, 0.1) is 58.9 Å². The fourth-order valence-corrected chi connectivity index (χ4v) is 8.28. The molecule has 72 heavy (non-hydrogen) atoms. The number of furan rings is 2. The van der Waals surface area contributed by atoms with E-state index in [4.69, 9.17) is 14.6 Å². The molecule has 0 saturated carbocycles. The molecule has 0 bridgehead atoms. The van der Waals surface area contributed by atoms with Gasteiger partial charge in [-0.1, -0.05) is 27.7 Å². The number of carbonyl (C=O) groups is 1. The third kappa shape index (κ3) is 14.1. The first-order valence-electron chi connectivity index (χ1n) is 21.9. The molecule has 2 amide bonds. The molecule has 0 aliphatic carbocycles. The Kier molecular flexibility index (Phi) is 18.3. The maximum atomic E-state index is 12.6. The van der Waals surface area contributed by atoms with Gasteiger partial charge in [0.25, 0.3) is 21.1 Å². The molecule has 0 aromatic carbocycles. The number of anilines is 3. The number of hydrogen-bond donors (Lipinski definition) is 5. The predicted molar refractivity (Wildman–Crippen MR) is 270 cm³/mol. The van der Waals surface area contributed by atoms with E-state index in [2.05, 4.69) is 43.5 Å². The number of imidazole rings is 2. The first-order chi connectivity index (χ1) is 33.0. The number of nitrogens with zero attached hydrogens (tertiary/aromatic N) is 9. The Morgan fingerprint density at radius 1 is 0.778 bits per heavy atom. The maximum Gasteiger partial charge on any atom is 0.402 e. The molecule has 6 N–H and O–H groups in total. The molecule has 7 aromatic heterocycles. The molecule has 0 radical (unpaired) electrons. The summed E-state index contributed by atoms with van der Waals surface area (Å²) in [5.74, 6) is 2.90. The fraction of sp³-hybridized carbons (Fsp3) is 0.340. The first kappa shape index (κ1) is 57.5. The second kappa shape index (κ2) is 23.0. The standard InChI is InChI=1S/C20H25N5O5S.C15H19N3O5S.C12H16N4.ClH/c1-12(2)17-18(25(13(3)22-17)15-6-8-21-9-7-15)23-19(26)24-31(28,29)16-10-14(11-30-16)20(4,5)27;1-15(2,20)11-9-13(23-10-11)24(21,22)16-14(19)18-7-5-12(6-8-18)17(3)4;1-8(2)11-12(13)16(9(3)15-11)10-4-6-14-7-5-10;/h6-12,27H,1-5H3,(H2,23,24,26);5-10,20H,1-4H3;4-8H,13H2,1-3H3;1H. The van der Waals surface area contributed by atoms with Gasteiger partial charge in [-0.05, 0) is 77.6 Å². The van der Waals surface area contributed by atoms with E-state index >= 15 is 0 Å². The molecule has 0 aliphatic rings. The normalized spacial score (nSPS) is 12.1. The SMILES string of the molecule is CN(C)c1cc[n+](C([O-])=NS(=O)(=O)c2cc(C(C)(C)O)co2)cc1.Cc1nc(C(C)C)c(N)n1-c1ccncc1.Cc1nc(C(C)C)c(NC(=O)NS(=O)(=O)c2cc(C(C)(C)O)co2)n1-c1ccncc1.Cl. The van der Waals surface area contributed by atoms with Crippen LogP contribution in [0.2, 0.25) is 0 Å². The molecule has 25 heteroatoms. The van der Waals surface area contributed by atoms with Crippen molar-refractivity contribution in [2.24, 2.45) is 4.40 Å². The van der Waals surface area contributed by atoms with E-state index in [1.807, 2.05) is 61.2 Å². The van der Waals surface area contributed by atoms with Crippen molar-refractivity contribution in [3.05, 3.63) is 132 Å². The molecular weight excluding hydrogens is 992 g/mol. The Labute approximate surface area is 424 Å².